The highest BCUT2D eigenvalue weighted by atomic mass is 16.5. The van der Waals surface area contributed by atoms with Gasteiger partial charge in [0.15, 0.2) is 0 Å². The fourth-order valence-corrected chi connectivity index (χ4v) is 2.67. The van der Waals surface area contributed by atoms with E-state index in [9.17, 15) is 5.26 Å². The second-order valence-electron chi connectivity index (χ2n) is 5.01. The standard InChI is InChI=1S/C16H16N2O/c17-10-12-11-18-15-9-5-4-8-14(15)16(12)19-13-6-2-1-3-7-13/h4-5,8-9,11,13H,1-3,6-7H2. The van der Waals surface area contributed by atoms with Crippen molar-refractivity contribution in [3.8, 4) is 11.8 Å². The minimum atomic E-state index is 0.242. The van der Waals surface area contributed by atoms with Crippen molar-refractivity contribution >= 4 is 10.9 Å². The lowest BCUT2D eigenvalue weighted by Gasteiger charge is -2.24. The second-order valence-corrected chi connectivity index (χ2v) is 5.01. The zero-order valence-electron chi connectivity index (χ0n) is 10.8. The molecular formula is C16H16N2O. The average Bonchev–Trinajstić information content (AvgIpc) is 2.49. The normalized spacial score (nSPS) is 16.2. The van der Waals surface area contributed by atoms with E-state index in [0.29, 0.717) is 11.3 Å². The maximum absolute atomic E-state index is 9.24. The van der Waals surface area contributed by atoms with Gasteiger partial charge in [-0.15, -0.1) is 0 Å². The van der Waals surface area contributed by atoms with Crippen molar-refractivity contribution in [2.24, 2.45) is 0 Å². The van der Waals surface area contributed by atoms with Gasteiger partial charge in [0.05, 0.1) is 11.6 Å². The van der Waals surface area contributed by atoms with E-state index in [0.717, 1.165) is 23.7 Å². The van der Waals surface area contributed by atoms with Crippen LogP contribution < -0.4 is 4.74 Å². The number of hydrogen-bond donors (Lipinski definition) is 0. The van der Waals surface area contributed by atoms with Crippen molar-refractivity contribution in [3.63, 3.8) is 0 Å². The van der Waals surface area contributed by atoms with E-state index in [-0.39, 0.29) is 6.10 Å². The van der Waals surface area contributed by atoms with Crippen molar-refractivity contribution in [2.75, 3.05) is 0 Å². The molecule has 0 atom stereocenters. The summed E-state index contributed by atoms with van der Waals surface area (Å²) >= 11 is 0. The van der Waals surface area contributed by atoms with Crippen LogP contribution in [-0.4, -0.2) is 11.1 Å². The van der Waals surface area contributed by atoms with Crippen molar-refractivity contribution in [2.45, 2.75) is 38.2 Å². The van der Waals surface area contributed by atoms with Crippen LogP contribution in [0.3, 0.4) is 0 Å². The fourth-order valence-electron chi connectivity index (χ4n) is 2.67. The van der Waals surface area contributed by atoms with E-state index in [4.69, 9.17) is 4.74 Å². The van der Waals surface area contributed by atoms with E-state index in [1.165, 1.54) is 19.3 Å². The summed E-state index contributed by atoms with van der Waals surface area (Å²) in [4.78, 5) is 4.30. The molecule has 1 aliphatic carbocycles. The van der Waals surface area contributed by atoms with Gasteiger partial charge in [-0.05, 0) is 37.8 Å². The summed E-state index contributed by atoms with van der Waals surface area (Å²) in [6, 6.07) is 10.0. The number of para-hydroxylation sites is 1. The lowest BCUT2D eigenvalue weighted by atomic mass is 9.97. The van der Waals surface area contributed by atoms with E-state index in [2.05, 4.69) is 11.1 Å². The van der Waals surface area contributed by atoms with Gasteiger partial charge in [-0.3, -0.25) is 4.98 Å². The predicted octanol–water partition coefficient (Wildman–Crippen LogP) is 3.82. The summed E-state index contributed by atoms with van der Waals surface area (Å²) in [6.07, 6.45) is 7.75. The van der Waals surface area contributed by atoms with E-state index >= 15 is 0 Å². The number of rotatable bonds is 2. The molecule has 2 aromatic rings. The van der Waals surface area contributed by atoms with Gasteiger partial charge in [0.1, 0.15) is 17.4 Å². The highest BCUT2D eigenvalue weighted by Gasteiger charge is 2.18. The van der Waals surface area contributed by atoms with Gasteiger partial charge in [0.2, 0.25) is 0 Å². The van der Waals surface area contributed by atoms with E-state index in [1.807, 2.05) is 24.3 Å². The summed E-state index contributed by atoms with van der Waals surface area (Å²) in [7, 11) is 0. The summed E-state index contributed by atoms with van der Waals surface area (Å²) in [5.41, 5.74) is 1.41. The molecule has 3 heteroatoms. The smallest absolute Gasteiger partial charge is 0.148 e. The Balaban J connectivity index is 2.02. The zero-order chi connectivity index (χ0) is 13.1. The molecule has 0 saturated heterocycles. The van der Waals surface area contributed by atoms with Crippen LogP contribution in [0, 0.1) is 11.3 Å². The van der Waals surface area contributed by atoms with Crippen LogP contribution in [0.1, 0.15) is 37.7 Å². The maximum Gasteiger partial charge on any atom is 0.148 e. The Kier molecular flexibility index (Phi) is 3.33. The number of hydrogen-bond acceptors (Lipinski definition) is 3. The average molecular weight is 252 g/mol. The van der Waals surface area contributed by atoms with Crippen molar-refractivity contribution in [3.05, 3.63) is 36.0 Å². The number of fused-ring (bicyclic) bond motifs is 1. The first kappa shape index (κ1) is 12.0. The molecule has 0 unspecified atom stereocenters. The second kappa shape index (κ2) is 5.27. The van der Waals surface area contributed by atoms with Gasteiger partial charge in [-0.25, -0.2) is 0 Å². The molecule has 0 amide bonds. The lowest BCUT2D eigenvalue weighted by molar-refractivity contribution is 0.156. The Morgan fingerprint density at radius 2 is 1.95 bits per heavy atom. The minimum absolute atomic E-state index is 0.242. The highest BCUT2D eigenvalue weighted by Crippen LogP contribution is 2.31. The molecule has 19 heavy (non-hydrogen) atoms. The molecular weight excluding hydrogens is 236 g/mol. The summed E-state index contributed by atoms with van der Waals surface area (Å²) in [5.74, 6) is 0.708. The van der Waals surface area contributed by atoms with Gasteiger partial charge in [-0.1, -0.05) is 18.6 Å². The van der Waals surface area contributed by atoms with E-state index in [1.54, 1.807) is 6.20 Å². The van der Waals surface area contributed by atoms with Crippen molar-refractivity contribution in [1.82, 2.24) is 4.98 Å². The Labute approximate surface area is 112 Å². The van der Waals surface area contributed by atoms with E-state index < -0.39 is 0 Å². The number of aromatic nitrogens is 1. The highest BCUT2D eigenvalue weighted by molar-refractivity contribution is 5.87. The van der Waals surface area contributed by atoms with Crippen LogP contribution >= 0.6 is 0 Å². The third-order valence-electron chi connectivity index (χ3n) is 3.68. The van der Waals surface area contributed by atoms with Crippen LogP contribution in [0.25, 0.3) is 10.9 Å². The third-order valence-corrected chi connectivity index (χ3v) is 3.68. The summed E-state index contributed by atoms with van der Waals surface area (Å²) < 4.78 is 6.13. The maximum atomic E-state index is 9.24. The topological polar surface area (TPSA) is 45.9 Å². The van der Waals surface area contributed by atoms with Crippen LogP contribution in [0.5, 0.6) is 5.75 Å². The van der Waals surface area contributed by atoms with Gasteiger partial charge >= 0.3 is 0 Å². The molecule has 0 radical (unpaired) electrons. The molecule has 0 N–H and O–H groups in total. The Morgan fingerprint density at radius 1 is 1.16 bits per heavy atom. The van der Waals surface area contributed by atoms with Crippen LogP contribution in [0.15, 0.2) is 30.5 Å². The molecule has 1 aromatic heterocycles. The lowest BCUT2D eigenvalue weighted by Crippen LogP contribution is -2.20. The minimum Gasteiger partial charge on any atom is -0.488 e. The number of ether oxygens (including phenoxy) is 1. The molecule has 3 rings (SSSR count). The quantitative estimate of drug-likeness (QED) is 0.816. The molecule has 1 aromatic carbocycles. The van der Waals surface area contributed by atoms with Gasteiger partial charge in [0, 0.05) is 11.6 Å². The zero-order valence-corrected chi connectivity index (χ0v) is 10.8. The third kappa shape index (κ3) is 2.39. The SMILES string of the molecule is N#Cc1cnc2ccccc2c1OC1CCCCC1. The molecule has 1 aliphatic rings. The number of nitrogens with zero attached hydrogens (tertiary/aromatic N) is 2. The first-order valence-electron chi connectivity index (χ1n) is 6.83. The molecule has 1 heterocycles. The van der Waals surface area contributed by atoms with Gasteiger partial charge in [0.25, 0.3) is 0 Å². The summed E-state index contributed by atoms with van der Waals surface area (Å²) in [5, 5.41) is 10.2. The van der Waals surface area contributed by atoms with Crippen LogP contribution in [0.2, 0.25) is 0 Å². The predicted molar refractivity (Wildman–Crippen MR) is 74.0 cm³/mol. The monoisotopic (exact) mass is 252 g/mol. The Bertz CT molecular complexity index is 624. The number of nitriles is 1. The molecule has 1 saturated carbocycles. The van der Waals surface area contributed by atoms with Gasteiger partial charge < -0.3 is 4.74 Å². The number of benzene rings is 1. The van der Waals surface area contributed by atoms with Crippen molar-refractivity contribution < 1.29 is 4.74 Å². The molecule has 0 bridgehead atoms. The molecule has 1 fully saturated rings. The Hall–Kier alpha value is -2.08. The fraction of sp³-hybridized carbons (Fsp3) is 0.375. The van der Waals surface area contributed by atoms with Crippen LogP contribution in [0.4, 0.5) is 0 Å². The Morgan fingerprint density at radius 3 is 2.74 bits per heavy atom. The first-order chi connectivity index (χ1) is 9.38. The number of pyridine rings is 1. The van der Waals surface area contributed by atoms with Gasteiger partial charge in [-0.2, -0.15) is 5.26 Å². The molecule has 96 valence electrons. The van der Waals surface area contributed by atoms with Crippen molar-refractivity contribution in [1.29, 1.82) is 5.26 Å². The molecule has 0 aliphatic heterocycles. The molecule has 3 nitrogen and oxygen atoms in total. The first-order valence-corrected chi connectivity index (χ1v) is 6.83. The summed E-state index contributed by atoms with van der Waals surface area (Å²) in [6.45, 7) is 0. The van der Waals surface area contributed by atoms with Crippen LogP contribution in [-0.2, 0) is 0 Å². The molecule has 0 spiro atoms. The largest absolute Gasteiger partial charge is 0.488 e.